The normalized spacial score (nSPS) is 17.2. The van der Waals surface area contributed by atoms with Crippen molar-refractivity contribution < 1.29 is 5.11 Å². The molecule has 0 amide bonds. The van der Waals surface area contributed by atoms with Gasteiger partial charge in [-0.2, -0.15) is 5.26 Å². The first-order valence-electron chi connectivity index (χ1n) is 9.00. The van der Waals surface area contributed by atoms with Gasteiger partial charge in [-0.3, -0.25) is 4.90 Å². The Kier molecular flexibility index (Phi) is 5.53. The van der Waals surface area contributed by atoms with E-state index in [9.17, 15) is 5.11 Å². The first-order valence-corrected chi connectivity index (χ1v) is 9.00. The zero-order valence-corrected chi connectivity index (χ0v) is 14.9. The average Bonchev–Trinajstić information content (AvgIpc) is 2.65. The lowest BCUT2D eigenvalue weighted by molar-refractivity contribution is 0.116. The van der Waals surface area contributed by atoms with Crippen LogP contribution in [0, 0.1) is 16.7 Å². The van der Waals surface area contributed by atoms with Crippen molar-refractivity contribution in [2.75, 3.05) is 13.1 Å². The highest BCUT2D eigenvalue weighted by molar-refractivity contribution is 5.64. The van der Waals surface area contributed by atoms with Gasteiger partial charge in [-0.25, -0.2) is 0 Å². The standard InChI is InChI=1S/C22H26N2O/c1-22(9-12-23)10-13-24(14-11-22)16-18-5-7-20(8-6-18)21-4-2-3-19(15-21)17-25/h2-8,15,25H,9-11,13-14,16-17H2,1H3. The fourth-order valence-corrected chi connectivity index (χ4v) is 3.53. The highest BCUT2D eigenvalue weighted by Gasteiger charge is 2.29. The lowest BCUT2D eigenvalue weighted by atomic mass is 9.78. The highest BCUT2D eigenvalue weighted by Crippen LogP contribution is 2.34. The van der Waals surface area contributed by atoms with Crippen molar-refractivity contribution in [1.29, 1.82) is 5.26 Å². The molecule has 2 aromatic carbocycles. The van der Waals surface area contributed by atoms with E-state index in [-0.39, 0.29) is 12.0 Å². The minimum absolute atomic E-state index is 0.0750. The molecule has 1 saturated heterocycles. The summed E-state index contributed by atoms with van der Waals surface area (Å²) in [5.74, 6) is 0. The predicted molar refractivity (Wildman–Crippen MR) is 101 cm³/mol. The number of benzene rings is 2. The second kappa shape index (κ2) is 7.82. The third-order valence-electron chi connectivity index (χ3n) is 5.37. The van der Waals surface area contributed by atoms with E-state index in [1.165, 1.54) is 11.1 Å². The van der Waals surface area contributed by atoms with Crippen LogP contribution in [-0.2, 0) is 13.2 Å². The quantitative estimate of drug-likeness (QED) is 0.883. The van der Waals surface area contributed by atoms with Crippen molar-refractivity contribution in [3.8, 4) is 17.2 Å². The van der Waals surface area contributed by atoms with E-state index in [0.29, 0.717) is 6.42 Å². The Balaban J connectivity index is 1.61. The maximum Gasteiger partial charge on any atom is 0.0682 e. The molecule has 2 aromatic rings. The molecule has 0 saturated carbocycles. The largest absolute Gasteiger partial charge is 0.392 e. The molecule has 0 spiro atoms. The molecule has 3 rings (SSSR count). The summed E-state index contributed by atoms with van der Waals surface area (Å²) in [5, 5.41) is 18.2. The van der Waals surface area contributed by atoms with Crippen LogP contribution < -0.4 is 0 Å². The van der Waals surface area contributed by atoms with Gasteiger partial charge in [0.25, 0.3) is 0 Å². The third kappa shape index (κ3) is 4.48. The first kappa shape index (κ1) is 17.7. The number of piperidine rings is 1. The van der Waals surface area contributed by atoms with Crippen molar-refractivity contribution in [3.63, 3.8) is 0 Å². The number of nitrogens with zero attached hydrogens (tertiary/aromatic N) is 2. The average molecular weight is 334 g/mol. The fourth-order valence-electron chi connectivity index (χ4n) is 3.53. The lowest BCUT2D eigenvalue weighted by Crippen LogP contribution is -2.38. The van der Waals surface area contributed by atoms with E-state index in [0.717, 1.165) is 43.6 Å². The SMILES string of the molecule is CC1(CC#N)CCN(Cc2ccc(-c3cccc(CO)c3)cc2)CC1. The maximum absolute atomic E-state index is 9.28. The number of hydrogen-bond acceptors (Lipinski definition) is 3. The summed E-state index contributed by atoms with van der Waals surface area (Å²) in [6.07, 6.45) is 2.88. The van der Waals surface area contributed by atoms with Gasteiger partial charge in [0.1, 0.15) is 0 Å². The Morgan fingerprint density at radius 3 is 2.40 bits per heavy atom. The van der Waals surface area contributed by atoms with Gasteiger partial charge >= 0.3 is 0 Å². The Morgan fingerprint density at radius 2 is 1.76 bits per heavy atom. The van der Waals surface area contributed by atoms with Gasteiger partial charge in [-0.05, 0) is 59.7 Å². The van der Waals surface area contributed by atoms with Crippen molar-refractivity contribution in [2.45, 2.75) is 39.3 Å². The summed E-state index contributed by atoms with van der Waals surface area (Å²) >= 11 is 0. The first-order chi connectivity index (χ1) is 12.1. The van der Waals surface area contributed by atoms with Crippen molar-refractivity contribution in [3.05, 3.63) is 59.7 Å². The molecule has 1 aliphatic rings. The van der Waals surface area contributed by atoms with Gasteiger partial charge in [0.2, 0.25) is 0 Å². The molecule has 1 N–H and O–H groups in total. The number of hydrogen-bond donors (Lipinski definition) is 1. The van der Waals surface area contributed by atoms with Gasteiger partial charge in [0, 0.05) is 13.0 Å². The second-order valence-electron chi connectivity index (χ2n) is 7.48. The molecule has 0 unspecified atom stereocenters. The van der Waals surface area contributed by atoms with Crippen LogP contribution in [0.4, 0.5) is 0 Å². The topological polar surface area (TPSA) is 47.3 Å². The van der Waals surface area contributed by atoms with E-state index in [1.54, 1.807) is 0 Å². The molecule has 0 aliphatic carbocycles. The van der Waals surface area contributed by atoms with Gasteiger partial charge in [0.05, 0.1) is 12.7 Å². The molecule has 0 bridgehead atoms. The van der Waals surface area contributed by atoms with E-state index in [2.05, 4.69) is 48.2 Å². The van der Waals surface area contributed by atoms with Crippen LogP contribution >= 0.6 is 0 Å². The Labute approximate surface area is 150 Å². The summed E-state index contributed by atoms with van der Waals surface area (Å²) in [6, 6.07) is 19.1. The van der Waals surface area contributed by atoms with Crippen LogP contribution in [0.25, 0.3) is 11.1 Å². The lowest BCUT2D eigenvalue weighted by Gasteiger charge is -2.38. The van der Waals surface area contributed by atoms with Gasteiger partial charge in [0.15, 0.2) is 0 Å². The van der Waals surface area contributed by atoms with E-state index >= 15 is 0 Å². The zero-order valence-electron chi connectivity index (χ0n) is 14.9. The van der Waals surface area contributed by atoms with E-state index in [1.807, 2.05) is 18.2 Å². The van der Waals surface area contributed by atoms with Crippen LogP contribution in [0.1, 0.15) is 37.3 Å². The zero-order chi connectivity index (χ0) is 17.7. The maximum atomic E-state index is 9.28. The van der Waals surface area contributed by atoms with Crippen LogP contribution in [-0.4, -0.2) is 23.1 Å². The van der Waals surface area contributed by atoms with E-state index in [4.69, 9.17) is 5.26 Å². The summed E-state index contributed by atoms with van der Waals surface area (Å²) < 4.78 is 0. The molecular formula is C22H26N2O. The summed E-state index contributed by atoms with van der Waals surface area (Å²) in [4.78, 5) is 2.49. The Bertz CT molecular complexity index is 737. The molecular weight excluding hydrogens is 308 g/mol. The summed E-state index contributed by atoms with van der Waals surface area (Å²) in [7, 11) is 0. The molecule has 3 nitrogen and oxygen atoms in total. The fraction of sp³-hybridized carbons (Fsp3) is 0.409. The number of nitriles is 1. The van der Waals surface area contributed by atoms with Crippen molar-refractivity contribution >= 4 is 0 Å². The number of likely N-dealkylation sites (tertiary alicyclic amines) is 1. The van der Waals surface area contributed by atoms with E-state index < -0.39 is 0 Å². The van der Waals surface area contributed by atoms with Crippen molar-refractivity contribution in [2.24, 2.45) is 5.41 Å². The van der Waals surface area contributed by atoms with Gasteiger partial charge in [-0.1, -0.05) is 49.4 Å². The van der Waals surface area contributed by atoms with Crippen molar-refractivity contribution in [1.82, 2.24) is 4.90 Å². The molecule has 0 aromatic heterocycles. The number of rotatable bonds is 5. The molecule has 1 fully saturated rings. The minimum atomic E-state index is 0.0750. The summed E-state index contributed by atoms with van der Waals surface area (Å²) in [5.41, 5.74) is 4.79. The predicted octanol–water partition coefficient (Wildman–Crippen LogP) is 4.36. The third-order valence-corrected chi connectivity index (χ3v) is 5.37. The van der Waals surface area contributed by atoms with Crippen LogP contribution in [0.15, 0.2) is 48.5 Å². The smallest absolute Gasteiger partial charge is 0.0682 e. The van der Waals surface area contributed by atoms with Crippen LogP contribution in [0.5, 0.6) is 0 Å². The molecule has 1 aliphatic heterocycles. The van der Waals surface area contributed by atoms with Crippen LogP contribution in [0.2, 0.25) is 0 Å². The molecule has 25 heavy (non-hydrogen) atoms. The molecule has 3 heteroatoms. The Hall–Kier alpha value is -2.15. The molecule has 0 radical (unpaired) electrons. The van der Waals surface area contributed by atoms with Crippen LogP contribution in [0.3, 0.4) is 0 Å². The highest BCUT2D eigenvalue weighted by atomic mass is 16.3. The number of aliphatic hydroxyl groups is 1. The minimum Gasteiger partial charge on any atom is -0.392 e. The monoisotopic (exact) mass is 334 g/mol. The number of aliphatic hydroxyl groups excluding tert-OH is 1. The molecule has 1 heterocycles. The van der Waals surface area contributed by atoms with Gasteiger partial charge in [-0.15, -0.1) is 0 Å². The molecule has 130 valence electrons. The Morgan fingerprint density at radius 1 is 1.04 bits per heavy atom. The second-order valence-corrected chi connectivity index (χ2v) is 7.48. The summed E-state index contributed by atoms with van der Waals surface area (Å²) in [6.45, 7) is 5.42. The molecule has 0 atom stereocenters. The van der Waals surface area contributed by atoms with Gasteiger partial charge < -0.3 is 5.11 Å².